The number of nitrogens with one attached hydrogen (secondary N) is 2. The molecule has 0 saturated heterocycles. The van der Waals surface area contributed by atoms with E-state index in [1.807, 2.05) is 42.5 Å². The van der Waals surface area contributed by atoms with Crippen LogP contribution in [0, 0.1) is 5.92 Å². The van der Waals surface area contributed by atoms with Gasteiger partial charge in [-0.15, -0.1) is 0 Å². The molecule has 3 aromatic rings. The van der Waals surface area contributed by atoms with E-state index in [-0.39, 0.29) is 23.7 Å². The molecule has 0 radical (unpaired) electrons. The van der Waals surface area contributed by atoms with Crippen LogP contribution in [0.2, 0.25) is 0 Å². The van der Waals surface area contributed by atoms with E-state index in [9.17, 15) is 9.59 Å². The third-order valence-corrected chi connectivity index (χ3v) is 5.42. The first-order valence-corrected chi connectivity index (χ1v) is 10.4. The van der Waals surface area contributed by atoms with Crippen molar-refractivity contribution < 1.29 is 14.3 Å². The Kier molecular flexibility index (Phi) is 7.44. The second kappa shape index (κ2) is 10.4. The molecular weight excluding hydrogens is 388 g/mol. The van der Waals surface area contributed by atoms with Crippen LogP contribution in [0.25, 0.3) is 0 Å². The molecule has 0 saturated carbocycles. The van der Waals surface area contributed by atoms with Gasteiger partial charge in [0.15, 0.2) is 0 Å². The molecule has 5 heteroatoms. The third-order valence-electron chi connectivity index (χ3n) is 5.42. The highest BCUT2D eigenvalue weighted by Gasteiger charge is 2.25. The molecule has 0 aromatic heterocycles. The fourth-order valence-corrected chi connectivity index (χ4v) is 3.50. The Balaban J connectivity index is 1.70. The molecular formula is C26H28N2O3. The van der Waals surface area contributed by atoms with Gasteiger partial charge in [0.05, 0.1) is 18.7 Å². The van der Waals surface area contributed by atoms with Crippen molar-refractivity contribution in [3.63, 3.8) is 0 Å². The van der Waals surface area contributed by atoms with Crippen LogP contribution in [0.4, 0.5) is 11.4 Å². The largest absolute Gasteiger partial charge is 0.495 e. The summed E-state index contributed by atoms with van der Waals surface area (Å²) in [5.74, 6) is 0.265. The molecule has 160 valence electrons. The number of anilines is 2. The summed E-state index contributed by atoms with van der Waals surface area (Å²) in [4.78, 5) is 25.6. The summed E-state index contributed by atoms with van der Waals surface area (Å²) in [7, 11) is 1.56. The quantitative estimate of drug-likeness (QED) is 0.494. The summed E-state index contributed by atoms with van der Waals surface area (Å²) in [6.07, 6.45) is 0.898. The lowest BCUT2D eigenvalue weighted by atomic mass is 9.85. The van der Waals surface area contributed by atoms with Gasteiger partial charge in [0, 0.05) is 11.3 Å². The average molecular weight is 417 g/mol. The summed E-state index contributed by atoms with van der Waals surface area (Å²) in [6.45, 7) is 4.17. The first kappa shape index (κ1) is 22.1. The molecule has 2 unspecified atom stereocenters. The Morgan fingerprint density at radius 3 is 2.16 bits per heavy atom. The zero-order chi connectivity index (χ0) is 22.2. The lowest BCUT2D eigenvalue weighted by Crippen LogP contribution is -2.26. The van der Waals surface area contributed by atoms with Crippen LogP contribution < -0.4 is 15.4 Å². The van der Waals surface area contributed by atoms with Gasteiger partial charge in [-0.3, -0.25) is 9.59 Å². The van der Waals surface area contributed by atoms with Crippen LogP contribution in [-0.4, -0.2) is 18.9 Å². The number of hydrogen-bond donors (Lipinski definition) is 2. The van der Waals surface area contributed by atoms with Crippen molar-refractivity contribution in [2.75, 3.05) is 17.7 Å². The summed E-state index contributed by atoms with van der Waals surface area (Å²) < 4.78 is 5.27. The number of benzene rings is 3. The Labute approximate surface area is 183 Å². The van der Waals surface area contributed by atoms with E-state index in [1.165, 1.54) is 0 Å². The van der Waals surface area contributed by atoms with E-state index in [0.29, 0.717) is 22.7 Å². The molecule has 5 nitrogen and oxygen atoms in total. The molecule has 2 amide bonds. The topological polar surface area (TPSA) is 67.4 Å². The molecule has 0 fully saturated rings. The molecule has 2 N–H and O–H groups in total. The molecule has 31 heavy (non-hydrogen) atoms. The van der Waals surface area contributed by atoms with Crippen LogP contribution in [-0.2, 0) is 4.79 Å². The van der Waals surface area contributed by atoms with E-state index in [1.54, 1.807) is 43.5 Å². The Morgan fingerprint density at radius 2 is 1.52 bits per heavy atom. The first-order valence-electron chi connectivity index (χ1n) is 10.4. The molecule has 0 aliphatic rings. The predicted octanol–water partition coefficient (Wildman–Crippen LogP) is 5.72. The molecule has 3 rings (SSSR count). The first-order chi connectivity index (χ1) is 15.0. The number of hydrogen-bond acceptors (Lipinski definition) is 3. The normalized spacial score (nSPS) is 12.5. The molecule has 0 heterocycles. The number of rotatable bonds is 8. The van der Waals surface area contributed by atoms with Crippen molar-refractivity contribution in [1.29, 1.82) is 0 Å². The summed E-state index contributed by atoms with van der Waals surface area (Å²) in [6, 6.07) is 23.9. The van der Waals surface area contributed by atoms with Crippen molar-refractivity contribution in [2.24, 2.45) is 5.92 Å². The van der Waals surface area contributed by atoms with Gasteiger partial charge in [-0.1, -0.05) is 62.7 Å². The van der Waals surface area contributed by atoms with E-state index >= 15 is 0 Å². The van der Waals surface area contributed by atoms with E-state index < -0.39 is 0 Å². The summed E-state index contributed by atoms with van der Waals surface area (Å²) in [5.41, 5.74) is 2.75. The van der Waals surface area contributed by atoms with Gasteiger partial charge in [0.25, 0.3) is 5.91 Å². The zero-order valence-corrected chi connectivity index (χ0v) is 18.1. The lowest BCUT2D eigenvalue weighted by molar-refractivity contribution is -0.118. The monoisotopic (exact) mass is 416 g/mol. The van der Waals surface area contributed by atoms with Crippen LogP contribution in [0.15, 0.2) is 78.9 Å². The fourth-order valence-electron chi connectivity index (χ4n) is 3.50. The van der Waals surface area contributed by atoms with Gasteiger partial charge in [0.2, 0.25) is 5.91 Å². The van der Waals surface area contributed by atoms with Gasteiger partial charge >= 0.3 is 0 Å². The van der Waals surface area contributed by atoms with Crippen molar-refractivity contribution >= 4 is 23.2 Å². The highest BCUT2D eigenvalue weighted by Crippen LogP contribution is 2.29. The second-order valence-corrected chi connectivity index (χ2v) is 7.49. The molecule has 0 bridgehead atoms. The SMILES string of the molecule is CCC(C)C(C(=O)Nc1ccc(C(=O)Nc2ccccc2OC)cc1)c1ccccc1. The third kappa shape index (κ3) is 5.51. The smallest absolute Gasteiger partial charge is 0.255 e. The molecule has 3 aromatic carbocycles. The number of para-hydroxylation sites is 2. The van der Waals surface area contributed by atoms with Gasteiger partial charge in [-0.2, -0.15) is 0 Å². The number of ether oxygens (including phenoxy) is 1. The van der Waals surface area contributed by atoms with Gasteiger partial charge < -0.3 is 15.4 Å². The average Bonchev–Trinajstić information content (AvgIpc) is 2.80. The Bertz CT molecular complexity index is 1020. The summed E-state index contributed by atoms with van der Waals surface area (Å²) >= 11 is 0. The van der Waals surface area contributed by atoms with Crippen LogP contribution in [0.3, 0.4) is 0 Å². The minimum absolute atomic E-state index is 0.0493. The van der Waals surface area contributed by atoms with Crippen molar-refractivity contribution in [1.82, 2.24) is 0 Å². The van der Waals surface area contributed by atoms with Gasteiger partial charge in [0.1, 0.15) is 5.75 Å². The summed E-state index contributed by atoms with van der Waals surface area (Å²) in [5, 5.41) is 5.85. The number of carbonyl (C=O) groups is 2. The zero-order valence-electron chi connectivity index (χ0n) is 18.1. The van der Waals surface area contributed by atoms with Gasteiger partial charge in [-0.25, -0.2) is 0 Å². The fraction of sp³-hybridized carbons (Fsp3) is 0.231. The minimum atomic E-state index is -0.246. The molecule has 0 spiro atoms. The number of methoxy groups -OCH3 is 1. The standard InChI is InChI=1S/C26H28N2O3/c1-4-18(2)24(19-10-6-5-7-11-19)26(30)27-21-16-14-20(15-17-21)25(29)28-22-12-8-9-13-23(22)31-3/h5-18,24H,4H2,1-3H3,(H,27,30)(H,28,29). The van der Waals surface area contributed by atoms with E-state index in [0.717, 1.165) is 12.0 Å². The number of carbonyl (C=O) groups excluding carboxylic acids is 2. The van der Waals surface area contributed by atoms with E-state index in [2.05, 4.69) is 24.5 Å². The second-order valence-electron chi connectivity index (χ2n) is 7.49. The molecule has 2 atom stereocenters. The highest BCUT2D eigenvalue weighted by molar-refractivity contribution is 6.05. The van der Waals surface area contributed by atoms with Crippen molar-refractivity contribution in [2.45, 2.75) is 26.2 Å². The lowest BCUT2D eigenvalue weighted by Gasteiger charge is -2.23. The van der Waals surface area contributed by atoms with E-state index in [4.69, 9.17) is 4.74 Å². The highest BCUT2D eigenvalue weighted by atomic mass is 16.5. The van der Waals surface area contributed by atoms with Crippen LogP contribution in [0.1, 0.15) is 42.1 Å². The maximum atomic E-state index is 13.0. The van der Waals surface area contributed by atoms with Crippen LogP contribution in [0.5, 0.6) is 5.75 Å². The molecule has 0 aliphatic carbocycles. The molecule has 0 aliphatic heterocycles. The van der Waals surface area contributed by atoms with Crippen molar-refractivity contribution in [3.05, 3.63) is 90.0 Å². The maximum Gasteiger partial charge on any atom is 0.255 e. The predicted molar refractivity (Wildman–Crippen MR) is 125 cm³/mol. The Morgan fingerprint density at radius 1 is 0.871 bits per heavy atom. The maximum absolute atomic E-state index is 13.0. The minimum Gasteiger partial charge on any atom is -0.495 e. The van der Waals surface area contributed by atoms with Crippen LogP contribution >= 0.6 is 0 Å². The Hall–Kier alpha value is -3.60. The number of amides is 2. The van der Waals surface area contributed by atoms with Gasteiger partial charge in [-0.05, 0) is 47.9 Å². The van der Waals surface area contributed by atoms with Crippen molar-refractivity contribution in [3.8, 4) is 5.75 Å².